The fourth-order valence-corrected chi connectivity index (χ4v) is 2.50. The normalized spacial score (nSPS) is 12.4. The molecule has 1 heterocycles. The average molecular weight is 266 g/mol. The van der Waals surface area contributed by atoms with Gasteiger partial charge in [-0.05, 0) is 23.1 Å². The van der Waals surface area contributed by atoms with E-state index in [1.54, 1.807) is 0 Å². The predicted molar refractivity (Wildman–Crippen MR) is 78.4 cm³/mol. The first-order valence-corrected chi connectivity index (χ1v) is 6.48. The summed E-state index contributed by atoms with van der Waals surface area (Å²) in [6.07, 6.45) is 0. The molecule has 0 saturated heterocycles. The Labute approximate surface area is 116 Å². The van der Waals surface area contributed by atoms with E-state index < -0.39 is 0 Å². The topological polar surface area (TPSA) is 58.9 Å². The van der Waals surface area contributed by atoms with Crippen molar-refractivity contribution in [3.63, 3.8) is 0 Å². The molecule has 0 bridgehead atoms. The van der Waals surface area contributed by atoms with Crippen LogP contribution in [0.1, 0.15) is 17.2 Å². The van der Waals surface area contributed by atoms with Crippen LogP contribution in [0.5, 0.6) is 0 Å². The molecule has 20 heavy (non-hydrogen) atoms. The maximum Gasteiger partial charge on any atom is 0.216 e. The molecule has 0 aliphatic carbocycles. The van der Waals surface area contributed by atoms with E-state index in [0.717, 1.165) is 22.2 Å². The molecule has 0 radical (unpaired) electrons. The highest BCUT2D eigenvalue weighted by molar-refractivity contribution is 5.80. The number of rotatable bonds is 4. The number of aromatic nitrogens is 1. The molecule has 4 nitrogen and oxygen atoms in total. The molecular formula is C16H14N2O2. The van der Waals surface area contributed by atoms with Gasteiger partial charge in [-0.1, -0.05) is 48.5 Å². The third kappa shape index (κ3) is 2.40. The monoisotopic (exact) mass is 266 g/mol. The first-order valence-electron chi connectivity index (χ1n) is 6.48. The number of benzene rings is 2. The molecule has 0 spiro atoms. The lowest BCUT2D eigenvalue weighted by Crippen LogP contribution is -2.14. The summed E-state index contributed by atoms with van der Waals surface area (Å²) in [7, 11) is 0. The van der Waals surface area contributed by atoms with Crippen LogP contribution in [0, 0.1) is 10.1 Å². The summed E-state index contributed by atoms with van der Waals surface area (Å²) in [4.78, 5) is 14.0. The van der Waals surface area contributed by atoms with E-state index in [0.29, 0.717) is 0 Å². The minimum absolute atomic E-state index is 0.114. The number of hydrogen-bond acceptors (Lipinski definition) is 2. The van der Waals surface area contributed by atoms with Crippen LogP contribution < -0.4 is 0 Å². The van der Waals surface area contributed by atoms with Crippen molar-refractivity contribution in [2.24, 2.45) is 0 Å². The van der Waals surface area contributed by atoms with Crippen LogP contribution in [-0.2, 0) is 0 Å². The van der Waals surface area contributed by atoms with Gasteiger partial charge in [-0.3, -0.25) is 10.1 Å². The SMILES string of the molecule is O=[N+]([O-])CC(c1ccccc1)c1cc2ccccc2[nH]1. The molecule has 2 aromatic carbocycles. The summed E-state index contributed by atoms with van der Waals surface area (Å²) in [5.74, 6) is -0.251. The molecule has 0 saturated carbocycles. The molecule has 0 fully saturated rings. The number of fused-ring (bicyclic) bond motifs is 1. The van der Waals surface area contributed by atoms with Crippen LogP contribution >= 0.6 is 0 Å². The minimum Gasteiger partial charge on any atom is -0.358 e. The number of aromatic amines is 1. The third-order valence-corrected chi connectivity index (χ3v) is 3.46. The van der Waals surface area contributed by atoms with Gasteiger partial charge >= 0.3 is 0 Å². The number of nitro groups is 1. The molecule has 0 aliphatic rings. The van der Waals surface area contributed by atoms with Gasteiger partial charge in [0.1, 0.15) is 0 Å². The summed E-state index contributed by atoms with van der Waals surface area (Å²) < 4.78 is 0. The Bertz CT molecular complexity index is 701. The highest BCUT2D eigenvalue weighted by atomic mass is 16.6. The molecule has 1 N–H and O–H groups in total. The van der Waals surface area contributed by atoms with Gasteiger partial charge in [-0.2, -0.15) is 0 Å². The van der Waals surface area contributed by atoms with Crippen molar-refractivity contribution in [2.75, 3.05) is 6.54 Å². The molecule has 3 aromatic rings. The zero-order valence-corrected chi connectivity index (χ0v) is 10.8. The van der Waals surface area contributed by atoms with E-state index in [1.165, 1.54) is 0 Å². The molecule has 1 unspecified atom stereocenters. The van der Waals surface area contributed by atoms with Gasteiger partial charge in [-0.15, -0.1) is 0 Å². The van der Waals surface area contributed by atoms with Gasteiger partial charge in [0.25, 0.3) is 0 Å². The maximum absolute atomic E-state index is 11.0. The van der Waals surface area contributed by atoms with Gasteiger partial charge in [-0.25, -0.2) is 0 Å². The zero-order valence-electron chi connectivity index (χ0n) is 10.8. The molecule has 0 aliphatic heterocycles. The molecule has 0 amide bonds. The van der Waals surface area contributed by atoms with Gasteiger partial charge in [0.05, 0.1) is 5.92 Å². The summed E-state index contributed by atoms with van der Waals surface area (Å²) in [6.45, 7) is -0.114. The van der Waals surface area contributed by atoms with Gasteiger partial charge < -0.3 is 4.98 Å². The summed E-state index contributed by atoms with van der Waals surface area (Å²) in [6, 6.07) is 19.5. The first-order chi connectivity index (χ1) is 9.74. The van der Waals surface area contributed by atoms with E-state index in [-0.39, 0.29) is 17.4 Å². The third-order valence-electron chi connectivity index (χ3n) is 3.46. The van der Waals surface area contributed by atoms with Gasteiger partial charge in [0.2, 0.25) is 6.54 Å². The zero-order chi connectivity index (χ0) is 13.9. The number of hydrogen-bond donors (Lipinski definition) is 1. The Balaban J connectivity index is 2.06. The van der Waals surface area contributed by atoms with Crippen LogP contribution in [0.25, 0.3) is 10.9 Å². The smallest absolute Gasteiger partial charge is 0.216 e. The second-order valence-electron chi connectivity index (χ2n) is 4.79. The number of para-hydroxylation sites is 1. The van der Waals surface area contributed by atoms with E-state index >= 15 is 0 Å². The van der Waals surface area contributed by atoms with E-state index in [9.17, 15) is 10.1 Å². The van der Waals surface area contributed by atoms with Crippen molar-refractivity contribution in [2.45, 2.75) is 5.92 Å². The maximum atomic E-state index is 11.0. The Hall–Kier alpha value is -2.62. The predicted octanol–water partition coefficient (Wildman–Crippen LogP) is 3.58. The Morgan fingerprint density at radius 2 is 1.75 bits per heavy atom. The molecule has 100 valence electrons. The lowest BCUT2D eigenvalue weighted by Gasteiger charge is -2.11. The second-order valence-corrected chi connectivity index (χ2v) is 4.79. The average Bonchev–Trinajstić information content (AvgIpc) is 2.89. The lowest BCUT2D eigenvalue weighted by atomic mass is 9.96. The summed E-state index contributed by atoms with van der Waals surface area (Å²) in [5.41, 5.74) is 2.84. The fourth-order valence-electron chi connectivity index (χ4n) is 2.50. The molecule has 1 aromatic heterocycles. The Morgan fingerprint density at radius 3 is 2.45 bits per heavy atom. The highest BCUT2D eigenvalue weighted by Crippen LogP contribution is 2.27. The van der Waals surface area contributed by atoms with Gasteiger partial charge in [0.15, 0.2) is 0 Å². The van der Waals surface area contributed by atoms with E-state index in [2.05, 4.69) is 4.98 Å². The van der Waals surface area contributed by atoms with Crippen molar-refractivity contribution in [3.05, 3.63) is 82.0 Å². The largest absolute Gasteiger partial charge is 0.358 e. The van der Waals surface area contributed by atoms with Crippen molar-refractivity contribution in [3.8, 4) is 0 Å². The van der Waals surface area contributed by atoms with E-state index in [1.807, 2.05) is 60.7 Å². The van der Waals surface area contributed by atoms with Crippen molar-refractivity contribution in [1.82, 2.24) is 4.98 Å². The van der Waals surface area contributed by atoms with Crippen LogP contribution in [0.3, 0.4) is 0 Å². The molecular weight excluding hydrogens is 252 g/mol. The van der Waals surface area contributed by atoms with Crippen LogP contribution in [0.2, 0.25) is 0 Å². The fraction of sp³-hybridized carbons (Fsp3) is 0.125. The first kappa shape index (κ1) is 12.4. The summed E-state index contributed by atoms with van der Waals surface area (Å²) in [5, 5.41) is 12.0. The second kappa shape index (κ2) is 5.17. The Kier molecular flexibility index (Phi) is 3.21. The van der Waals surface area contributed by atoms with E-state index in [4.69, 9.17) is 0 Å². The van der Waals surface area contributed by atoms with Crippen molar-refractivity contribution < 1.29 is 4.92 Å². The molecule has 1 atom stereocenters. The summed E-state index contributed by atoms with van der Waals surface area (Å²) >= 11 is 0. The quantitative estimate of drug-likeness (QED) is 0.579. The van der Waals surface area contributed by atoms with Gasteiger partial charge in [0, 0.05) is 16.1 Å². The number of H-pyrrole nitrogens is 1. The van der Waals surface area contributed by atoms with Crippen molar-refractivity contribution >= 4 is 10.9 Å². The minimum atomic E-state index is -0.261. The van der Waals surface area contributed by atoms with Crippen LogP contribution in [0.4, 0.5) is 0 Å². The standard InChI is InChI=1S/C16H14N2O2/c19-18(20)11-14(12-6-2-1-3-7-12)16-10-13-8-4-5-9-15(13)17-16/h1-10,14,17H,11H2. The lowest BCUT2D eigenvalue weighted by molar-refractivity contribution is -0.481. The molecule has 4 heteroatoms. The highest BCUT2D eigenvalue weighted by Gasteiger charge is 2.21. The van der Waals surface area contributed by atoms with Crippen LogP contribution in [-0.4, -0.2) is 16.5 Å². The Morgan fingerprint density at radius 1 is 1.05 bits per heavy atom. The number of nitrogens with zero attached hydrogens (tertiary/aromatic N) is 1. The number of nitrogens with one attached hydrogen (secondary N) is 1. The van der Waals surface area contributed by atoms with Crippen LogP contribution in [0.15, 0.2) is 60.7 Å². The van der Waals surface area contributed by atoms with Crippen molar-refractivity contribution in [1.29, 1.82) is 0 Å². The molecule has 3 rings (SSSR count).